The lowest BCUT2D eigenvalue weighted by Crippen LogP contribution is -2.22. The Hall–Kier alpha value is -2.85. The number of aromatic hydroxyl groups is 1. The van der Waals surface area contributed by atoms with E-state index in [9.17, 15) is 9.90 Å². The Morgan fingerprint density at radius 2 is 1.52 bits per heavy atom. The molecule has 152 valence electrons. The van der Waals surface area contributed by atoms with E-state index in [4.69, 9.17) is 9.47 Å². The molecule has 1 fully saturated rings. The van der Waals surface area contributed by atoms with Crippen LogP contribution < -0.4 is 0 Å². The molecule has 0 radical (unpaired) electrons. The van der Waals surface area contributed by atoms with Crippen LogP contribution in [-0.2, 0) is 14.3 Å². The van der Waals surface area contributed by atoms with Gasteiger partial charge in [0.2, 0.25) is 0 Å². The van der Waals surface area contributed by atoms with Gasteiger partial charge in [0.15, 0.2) is 0 Å². The Morgan fingerprint density at radius 1 is 0.966 bits per heavy atom. The molecule has 0 bridgehead atoms. The van der Waals surface area contributed by atoms with E-state index >= 15 is 0 Å². The number of rotatable bonds is 4. The van der Waals surface area contributed by atoms with Crippen LogP contribution in [0.4, 0.5) is 0 Å². The molecule has 0 aliphatic carbocycles. The van der Waals surface area contributed by atoms with Gasteiger partial charge in [0.25, 0.3) is 0 Å². The van der Waals surface area contributed by atoms with Gasteiger partial charge in [0, 0.05) is 6.08 Å². The van der Waals surface area contributed by atoms with E-state index < -0.39 is 5.60 Å². The molecular formula is C25H28O4. The van der Waals surface area contributed by atoms with Gasteiger partial charge in [0.05, 0.1) is 13.2 Å². The third-order valence-corrected chi connectivity index (χ3v) is 4.62. The first-order chi connectivity index (χ1) is 13.8. The summed E-state index contributed by atoms with van der Waals surface area (Å²) in [6.07, 6.45) is 5.02. The van der Waals surface area contributed by atoms with E-state index in [1.807, 2.05) is 45.0 Å². The summed E-state index contributed by atoms with van der Waals surface area (Å²) in [5, 5.41) is 9.65. The minimum atomic E-state index is -0.500. The molecule has 0 unspecified atom stereocenters. The minimum Gasteiger partial charge on any atom is -0.508 e. The zero-order valence-corrected chi connectivity index (χ0v) is 17.3. The van der Waals surface area contributed by atoms with E-state index in [1.54, 1.807) is 18.2 Å². The lowest BCUT2D eigenvalue weighted by Gasteiger charge is -2.21. The standard InChI is InChI=1S/C25H28O4/c1-25(2,3)29-23(27)13-6-18-4-7-19(8-5-18)24(21-14-16-28-17-15-21)20-9-11-22(26)12-10-20/h4-13,26H,14-17H2,1-3H3. The summed E-state index contributed by atoms with van der Waals surface area (Å²) >= 11 is 0. The molecule has 1 N–H and O–H groups in total. The zero-order valence-electron chi connectivity index (χ0n) is 17.3. The third kappa shape index (κ3) is 6.06. The predicted octanol–water partition coefficient (Wildman–Crippen LogP) is 5.36. The lowest BCUT2D eigenvalue weighted by molar-refractivity contribution is -0.148. The van der Waals surface area contributed by atoms with Gasteiger partial charge in [-0.15, -0.1) is 0 Å². The summed E-state index contributed by atoms with van der Waals surface area (Å²) in [4.78, 5) is 11.9. The summed E-state index contributed by atoms with van der Waals surface area (Å²) in [6.45, 7) is 7.01. The number of hydrogen-bond acceptors (Lipinski definition) is 4. The van der Waals surface area contributed by atoms with Crippen LogP contribution in [0.1, 0.15) is 50.3 Å². The average molecular weight is 392 g/mol. The van der Waals surface area contributed by atoms with Gasteiger partial charge in [-0.1, -0.05) is 42.0 Å². The van der Waals surface area contributed by atoms with Crippen LogP contribution in [0.15, 0.2) is 60.2 Å². The molecule has 0 aromatic heterocycles. The van der Waals surface area contributed by atoms with Crippen molar-refractivity contribution in [2.75, 3.05) is 13.2 Å². The number of carbonyl (C=O) groups is 1. The van der Waals surface area contributed by atoms with Crippen molar-refractivity contribution < 1.29 is 19.4 Å². The average Bonchev–Trinajstić information content (AvgIpc) is 2.69. The van der Waals surface area contributed by atoms with Gasteiger partial charge in [-0.3, -0.25) is 0 Å². The highest BCUT2D eigenvalue weighted by atomic mass is 16.6. The fourth-order valence-electron chi connectivity index (χ4n) is 3.33. The number of phenolic OH excluding ortho intramolecular Hbond substituents is 1. The van der Waals surface area contributed by atoms with Crippen molar-refractivity contribution in [1.82, 2.24) is 0 Å². The van der Waals surface area contributed by atoms with Gasteiger partial charge in [-0.2, -0.15) is 0 Å². The molecule has 3 rings (SSSR count). The van der Waals surface area contributed by atoms with Gasteiger partial charge < -0.3 is 14.6 Å². The van der Waals surface area contributed by atoms with Crippen molar-refractivity contribution in [2.45, 2.75) is 39.2 Å². The number of esters is 1. The summed E-state index contributed by atoms with van der Waals surface area (Å²) < 4.78 is 10.8. The normalized spacial score (nSPS) is 14.8. The second-order valence-corrected chi connectivity index (χ2v) is 8.13. The van der Waals surface area contributed by atoms with Crippen LogP contribution in [-0.4, -0.2) is 29.9 Å². The maximum atomic E-state index is 11.9. The zero-order chi connectivity index (χ0) is 20.9. The monoisotopic (exact) mass is 392 g/mol. The smallest absolute Gasteiger partial charge is 0.331 e. The largest absolute Gasteiger partial charge is 0.508 e. The Kier molecular flexibility index (Phi) is 6.55. The lowest BCUT2D eigenvalue weighted by atomic mass is 9.89. The number of ether oxygens (including phenoxy) is 2. The van der Waals surface area contributed by atoms with E-state index in [2.05, 4.69) is 12.1 Å². The Balaban J connectivity index is 1.86. The van der Waals surface area contributed by atoms with Crippen LogP contribution in [0.5, 0.6) is 5.75 Å². The first-order valence-electron chi connectivity index (χ1n) is 9.92. The van der Waals surface area contributed by atoms with E-state index in [1.165, 1.54) is 17.2 Å². The van der Waals surface area contributed by atoms with E-state index in [0.29, 0.717) is 0 Å². The maximum absolute atomic E-state index is 11.9. The molecule has 0 amide bonds. The fourth-order valence-corrected chi connectivity index (χ4v) is 3.33. The molecule has 4 heteroatoms. The molecule has 0 atom stereocenters. The van der Waals surface area contributed by atoms with Gasteiger partial charge in [-0.25, -0.2) is 4.79 Å². The highest BCUT2D eigenvalue weighted by Crippen LogP contribution is 2.32. The third-order valence-electron chi connectivity index (χ3n) is 4.62. The van der Waals surface area contributed by atoms with Gasteiger partial charge in [-0.05, 0) is 74.1 Å². The Labute approximate surface area is 172 Å². The van der Waals surface area contributed by atoms with Crippen molar-refractivity contribution in [1.29, 1.82) is 0 Å². The first-order valence-corrected chi connectivity index (χ1v) is 9.92. The number of phenols is 1. The molecule has 0 saturated carbocycles. The second-order valence-electron chi connectivity index (χ2n) is 8.13. The molecule has 29 heavy (non-hydrogen) atoms. The van der Waals surface area contributed by atoms with Gasteiger partial charge in [0.1, 0.15) is 11.4 Å². The quantitative estimate of drug-likeness (QED) is 0.562. The summed E-state index contributed by atoms with van der Waals surface area (Å²) in [7, 11) is 0. The van der Waals surface area contributed by atoms with Crippen LogP contribution in [0.3, 0.4) is 0 Å². The molecule has 2 aromatic carbocycles. The Bertz CT molecular complexity index is 889. The molecule has 1 aliphatic heterocycles. The number of benzene rings is 2. The fraction of sp³-hybridized carbons (Fsp3) is 0.320. The van der Waals surface area contributed by atoms with Crippen molar-refractivity contribution >= 4 is 17.6 Å². The van der Waals surface area contributed by atoms with Crippen molar-refractivity contribution in [2.24, 2.45) is 0 Å². The summed E-state index contributed by atoms with van der Waals surface area (Å²) in [5.41, 5.74) is 5.18. The summed E-state index contributed by atoms with van der Waals surface area (Å²) in [5.74, 6) is -0.0941. The number of carbonyl (C=O) groups excluding carboxylic acids is 1. The van der Waals surface area contributed by atoms with Gasteiger partial charge >= 0.3 is 5.97 Å². The molecule has 1 heterocycles. The topological polar surface area (TPSA) is 55.8 Å². The highest BCUT2D eigenvalue weighted by Gasteiger charge is 2.16. The molecule has 1 saturated heterocycles. The summed E-state index contributed by atoms with van der Waals surface area (Å²) in [6, 6.07) is 15.5. The number of hydrogen-bond donors (Lipinski definition) is 1. The predicted molar refractivity (Wildman–Crippen MR) is 116 cm³/mol. The van der Waals surface area contributed by atoms with Crippen LogP contribution in [0.25, 0.3) is 11.6 Å². The molecule has 4 nitrogen and oxygen atoms in total. The van der Waals surface area contributed by atoms with Crippen molar-refractivity contribution in [3.63, 3.8) is 0 Å². The maximum Gasteiger partial charge on any atom is 0.331 e. The van der Waals surface area contributed by atoms with Crippen LogP contribution in [0.2, 0.25) is 0 Å². The second kappa shape index (κ2) is 9.10. The SMILES string of the molecule is CC(C)(C)OC(=O)C=Cc1ccc(C(=C2CCOCC2)c2ccc(O)cc2)cc1. The van der Waals surface area contributed by atoms with Crippen LogP contribution >= 0.6 is 0 Å². The molecule has 0 spiro atoms. The van der Waals surface area contributed by atoms with Crippen molar-refractivity contribution in [3.8, 4) is 5.75 Å². The van der Waals surface area contributed by atoms with E-state index in [-0.39, 0.29) is 11.7 Å². The Morgan fingerprint density at radius 3 is 2.07 bits per heavy atom. The first kappa shape index (κ1) is 20.9. The highest BCUT2D eigenvalue weighted by molar-refractivity contribution is 5.88. The van der Waals surface area contributed by atoms with Crippen molar-refractivity contribution in [3.05, 3.63) is 76.9 Å². The molecular weight excluding hydrogens is 364 g/mol. The van der Waals surface area contributed by atoms with E-state index in [0.717, 1.165) is 42.7 Å². The minimum absolute atomic E-state index is 0.257. The molecule has 2 aromatic rings. The molecule has 1 aliphatic rings. The van der Waals surface area contributed by atoms with Crippen LogP contribution in [0, 0.1) is 0 Å².